The molecule has 12 heavy (non-hydrogen) atoms. The van der Waals surface area contributed by atoms with E-state index in [1.54, 1.807) is 0 Å². The predicted molar refractivity (Wildman–Crippen MR) is 53.8 cm³/mol. The van der Waals surface area contributed by atoms with Gasteiger partial charge in [0.2, 0.25) is 0 Å². The maximum absolute atomic E-state index is 5.39. The predicted octanol–water partition coefficient (Wildman–Crippen LogP) is 3.54. The lowest BCUT2D eigenvalue weighted by atomic mass is 9.70. The van der Waals surface area contributed by atoms with Gasteiger partial charge in [-0.25, -0.2) is 0 Å². The molecule has 1 rings (SSSR count). The molecule has 0 amide bonds. The first kappa shape index (κ1) is 9.39. The molecule has 1 aliphatic carbocycles. The first-order valence-electron chi connectivity index (χ1n) is 4.87. The van der Waals surface area contributed by atoms with Crippen LogP contribution in [0, 0.1) is 17.8 Å². The van der Waals surface area contributed by atoms with Gasteiger partial charge < -0.3 is 0 Å². The van der Waals surface area contributed by atoms with E-state index in [9.17, 15) is 0 Å². The largest absolute Gasteiger partial charge is 0.120 e. The Hall–Kier alpha value is -0.700. The lowest BCUT2D eigenvalue weighted by Gasteiger charge is -2.35. The van der Waals surface area contributed by atoms with Crippen LogP contribution in [0.4, 0.5) is 0 Å². The van der Waals surface area contributed by atoms with Crippen LogP contribution in [-0.4, -0.2) is 0 Å². The number of terminal acetylenes is 1. The summed E-state index contributed by atoms with van der Waals surface area (Å²) in [5.74, 6) is 2.82. The van der Waals surface area contributed by atoms with Gasteiger partial charge in [0.15, 0.2) is 0 Å². The molecule has 0 radical (unpaired) electrons. The molecule has 0 nitrogen and oxygen atoms in total. The second kappa shape index (κ2) is 4.36. The molecule has 0 aromatic rings. The van der Waals surface area contributed by atoms with E-state index in [4.69, 9.17) is 6.42 Å². The molecule has 0 bridgehead atoms. The summed E-state index contributed by atoms with van der Waals surface area (Å²) >= 11 is 0. The van der Waals surface area contributed by atoms with Crippen molar-refractivity contribution < 1.29 is 0 Å². The smallest absolute Gasteiger partial charge is 0.0146 e. The van der Waals surface area contributed by atoms with Crippen molar-refractivity contribution in [2.45, 2.75) is 44.9 Å². The highest BCUT2D eigenvalue weighted by molar-refractivity contribution is 4.98. The van der Waals surface area contributed by atoms with Crippen molar-refractivity contribution in [3.05, 3.63) is 12.7 Å². The van der Waals surface area contributed by atoms with Crippen LogP contribution in [0.2, 0.25) is 0 Å². The molecule has 1 fully saturated rings. The molecular formula is C12H18. The molecule has 1 aliphatic rings. The molecule has 0 atom stereocenters. The van der Waals surface area contributed by atoms with Gasteiger partial charge in [-0.1, -0.05) is 25.3 Å². The van der Waals surface area contributed by atoms with Crippen LogP contribution < -0.4 is 0 Å². The Morgan fingerprint density at radius 2 is 2.00 bits per heavy atom. The summed E-state index contributed by atoms with van der Waals surface area (Å²) in [6, 6.07) is 0. The van der Waals surface area contributed by atoms with Crippen molar-refractivity contribution in [2.24, 2.45) is 5.41 Å². The Labute approximate surface area is 76.1 Å². The van der Waals surface area contributed by atoms with E-state index in [-0.39, 0.29) is 0 Å². The lowest BCUT2D eigenvalue weighted by Crippen LogP contribution is -2.22. The first-order chi connectivity index (χ1) is 5.83. The van der Waals surface area contributed by atoms with Crippen LogP contribution >= 0.6 is 0 Å². The minimum Gasteiger partial charge on any atom is -0.120 e. The third kappa shape index (κ3) is 2.14. The van der Waals surface area contributed by atoms with Crippen LogP contribution in [-0.2, 0) is 0 Å². The number of hydrogen-bond acceptors (Lipinski definition) is 0. The Kier molecular flexibility index (Phi) is 3.41. The van der Waals surface area contributed by atoms with Gasteiger partial charge in [-0.05, 0) is 24.7 Å². The van der Waals surface area contributed by atoms with E-state index in [2.05, 4.69) is 12.5 Å². The molecule has 0 N–H and O–H groups in total. The highest BCUT2D eigenvalue weighted by atomic mass is 14.3. The third-order valence-electron chi connectivity index (χ3n) is 2.97. The molecule has 66 valence electrons. The zero-order valence-corrected chi connectivity index (χ0v) is 7.81. The van der Waals surface area contributed by atoms with Crippen molar-refractivity contribution in [3.63, 3.8) is 0 Å². The quantitative estimate of drug-likeness (QED) is 0.440. The van der Waals surface area contributed by atoms with Crippen molar-refractivity contribution >= 4 is 0 Å². The van der Waals surface area contributed by atoms with Gasteiger partial charge in [-0.3, -0.25) is 0 Å². The minimum atomic E-state index is 0.425. The number of allylic oxidation sites excluding steroid dienone is 1. The molecule has 1 saturated carbocycles. The minimum absolute atomic E-state index is 0.425. The molecule has 0 heteroatoms. The van der Waals surface area contributed by atoms with Crippen molar-refractivity contribution in [2.75, 3.05) is 0 Å². The van der Waals surface area contributed by atoms with E-state index >= 15 is 0 Å². The van der Waals surface area contributed by atoms with E-state index in [0.717, 1.165) is 12.8 Å². The molecule has 0 unspecified atom stereocenters. The summed E-state index contributed by atoms with van der Waals surface area (Å²) in [7, 11) is 0. The van der Waals surface area contributed by atoms with Gasteiger partial charge in [0.1, 0.15) is 0 Å². The number of hydrogen-bond donors (Lipinski definition) is 0. The highest BCUT2D eigenvalue weighted by Crippen LogP contribution is 2.42. The monoisotopic (exact) mass is 162 g/mol. The molecule has 0 heterocycles. The van der Waals surface area contributed by atoms with Crippen molar-refractivity contribution in [1.82, 2.24) is 0 Å². The topological polar surface area (TPSA) is 0 Å². The Morgan fingerprint density at radius 1 is 1.33 bits per heavy atom. The average Bonchev–Trinajstić information content (AvgIpc) is 2.07. The van der Waals surface area contributed by atoms with E-state index in [0.29, 0.717) is 5.41 Å². The fourth-order valence-corrected chi connectivity index (χ4v) is 2.28. The normalized spacial score (nSPS) is 21.2. The van der Waals surface area contributed by atoms with Crippen LogP contribution in [0.3, 0.4) is 0 Å². The molecule has 0 aromatic carbocycles. The van der Waals surface area contributed by atoms with Crippen LogP contribution in [0.25, 0.3) is 0 Å². The Balaban J connectivity index is 2.57. The second-order valence-electron chi connectivity index (χ2n) is 3.93. The number of rotatable bonds is 3. The van der Waals surface area contributed by atoms with Gasteiger partial charge in [-0.15, -0.1) is 18.9 Å². The fraction of sp³-hybridized carbons (Fsp3) is 0.667. The van der Waals surface area contributed by atoms with Crippen molar-refractivity contribution in [3.8, 4) is 12.3 Å². The maximum Gasteiger partial charge on any atom is 0.0146 e. The van der Waals surface area contributed by atoms with E-state index in [1.165, 1.54) is 32.1 Å². The molecule has 0 spiro atoms. The average molecular weight is 162 g/mol. The summed E-state index contributed by atoms with van der Waals surface area (Å²) in [5.41, 5.74) is 0.425. The Bertz CT molecular complexity index is 177. The molecule has 0 aliphatic heterocycles. The van der Waals surface area contributed by atoms with Gasteiger partial charge >= 0.3 is 0 Å². The van der Waals surface area contributed by atoms with Gasteiger partial charge in [-0.2, -0.15) is 0 Å². The summed E-state index contributed by atoms with van der Waals surface area (Å²) in [4.78, 5) is 0. The lowest BCUT2D eigenvalue weighted by molar-refractivity contribution is 0.198. The fourth-order valence-electron chi connectivity index (χ4n) is 2.28. The van der Waals surface area contributed by atoms with E-state index < -0.39 is 0 Å². The van der Waals surface area contributed by atoms with Gasteiger partial charge in [0.25, 0.3) is 0 Å². The SMILES string of the molecule is C#CCC1(CC=C)CCCCC1. The summed E-state index contributed by atoms with van der Waals surface area (Å²) in [6.07, 6.45) is 16.2. The highest BCUT2D eigenvalue weighted by Gasteiger charge is 2.29. The second-order valence-corrected chi connectivity index (χ2v) is 3.93. The van der Waals surface area contributed by atoms with Crippen LogP contribution in [0.5, 0.6) is 0 Å². The van der Waals surface area contributed by atoms with Gasteiger partial charge in [0.05, 0.1) is 0 Å². The van der Waals surface area contributed by atoms with Crippen LogP contribution in [0.15, 0.2) is 12.7 Å². The standard InChI is InChI=1S/C12H18/c1-3-8-12(9-4-2)10-6-5-7-11-12/h1,4H,2,5-11H2. The summed E-state index contributed by atoms with van der Waals surface area (Å²) in [5, 5.41) is 0. The molecular weight excluding hydrogens is 144 g/mol. The summed E-state index contributed by atoms with van der Waals surface area (Å²) in [6.45, 7) is 3.81. The molecule has 0 saturated heterocycles. The summed E-state index contributed by atoms with van der Waals surface area (Å²) < 4.78 is 0. The van der Waals surface area contributed by atoms with Crippen LogP contribution in [0.1, 0.15) is 44.9 Å². The zero-order chi connectivity index (χ0) is 8.86. The zero-order valence-electron chi connectivity index (χ0n) is 7.81. The Morgan fingerprint density at radius 3 is 2.50 bits per heavy atom. The maximum atomic E-state index is 5.39. The van der Waals surface area contributed by atoms with Crippen molar-refractivity contribution in [1.29, 1.82) is 0 Å². The first-order valence-corrected chi connectivity index (χ1v) is 4.87. The van der Waals surface area contributed by atoms with Gasteiger partial charge in [0, 0.05) is 6.42 Å². The molecule has 0 aromatic heterocycles. The van der Waals surface area contributed by atoms with E-state index in [1.807, 2.05) is 6.08 Å². The third-order valence-corrected chi connectivity index (χ3v) is 2.97.